The van der Waals surface area contributed by atoms with Gasteiger partial charge in [0, 0.05) is 5.56 Å². The second kappa shape index (κ2) is 7.26. The second-order valence-corrected chi connectivity index (χ2v) is 5.60. The van der Waals surface area contributed by atoms with Crippen molar-refractivity contribution in [1.82, 2.24) is 14.8 Å². The maximum atomic E-state index is 12.0. The van der Waals surface area contributed by atoms with Crippen LogP contribution >= 0.6 is 0 Å². The fourth-order valence-corrected chi connectivity index (χ4v) is 2.60. The lowest BCUT2D eigenvalue weighted by Crippen LogP contribution is -2.08. The third kappa shape index (κ3) is 3.23. The molecule has 0 atom stereocenters. The summed E-state index contributed by atoms with van der Waals surface area (Å²) in [5.74, 6) is 0.327. The molecule has 0 fully saturated rings. The Morgan fingerprint density at radius 1 is 1.27 bits per heavy atom. The maximum Gasteiger partial charge on any atom is 0.345 e. The molecule has 3 rings (SSSR count). The molecule has 2 aromatic heterocycles. The minimum atomic E-state index is -0.511. The van der Waals surface area contributed by atoms with Crippen LogP contribution in [0.25, 0.3) is 17.1 Å². The van der Waals surface area contributed by atoms with Crippen molar-refractivity contribution in [3.63, 3.8) is 0 Å². The molecule has 2 heterocycles. The number of carbonyl (C=O) groups excluding carboxylic acids is 1. The number of carbonyl (C=O) groups is 1. The quantitative estimate of drug-likeness (QED) is 0.709. The van der Waals surface area contributed by atoms with Crippen molar-refractivity contribution in [3.05, 3.63) is 53.7 Å². The molecule has 26 heavy (non-hydrogen) atoms. The molecule has 0 amide bonds. The van der Waals surface area contributed by atoms with Crippen molar-refractivity contribution < 1.29 is 19.4 Å². The summed E-state index contributed by atoms with van der Waals surface area (Å²) in [4.78, 5) is 16.6. The second-order valence-electron chi connectivity index (χ2n) is 5.60. The molecule has 7 nitrogen and oxygen atoms in total. The van der Waals surface area contributed by atoms with Gasteiger partial charge in [-0.2, -0.15) is 9.78 Å². The molecule has 3 aromatic rings. The van der Waals surface area contributed by atoms with Gasteiger partial charge in [0.1, 0.15) is 11.3 Å². The smallest absolute Gasteiger partial charge is 0.345 e. The van der Waals surface area contributed by atoms with Gasteiger partial charge in [0.15, 0.2) is 5.82 Å². The number of pyridine rings is 1. The number of phenols is 1. The van der Waals surface area contributed by atoms with E-state index in [9.17, 15) is 9.90 Å². The highest BCUT2D eigenvalue weighted by Gasteiger charge is 2.21. The van der Waals surface area contributed by atoms with Crippen LogP contribution < -0.4 is 4.74 Å². The Kier molecular flexibility index (Phi) is 4.88. The Bertz CT molecular complexity index is 950. The number of aryl methyl sites for hydroxylation is 1. The lowest BCUT2D eigenvalue weighted by molar-refractivity contribution is 0.0522. The first kappa shape index (κ1) is 17.5. The maximum absolute atomic E-state index is 12.0. The van der Waals surface area contributed by atoms with E-state index in [2.05, 4.69) is 10.1 Å². The number of benzene rings is 1. The first-order valence-electron chi connectivity index (χ1n) is 8.11. The normalized spacial score (nSPS) is 10.6. The molecule has 0 spiro atoms. The van der Waals surface area contributed by atoms with Gasteiger partial charge in [-0.05, 0) is 43.7 Å². The number of aromatic hydroxyl groups is 1. The third-order valence-corrected chi connectivity index (χ3v) is 3.79. The van der Waals surface area contributed by atoms with Crippen molar-refractivity contribution in [3.8, 4) is 28.7 Å². The summed E-state index contributed by atoms with van der Waals surface area (Å²) < 4.78 is 11.8. The fraction of sp³-hybridized carbons (Fsp3) is 0.211. The van der Waals surface area contributed by atoms with E-state index in [1.165, 1.54) is 18.0 Å². The van der Waals surface area contributed by atoms with Gasteiger partial charge in [-0.3, -0.25) is 0 Å². The minimum absolute atomic E-state index is 0.147. The van der Waals surface area contributed by atoms with Crippen LogP contribution in [0.2, 0.25) is 0 Å². The number of hydrogen-bond donors (Lipinski definition) is 1. The zero-order chi connectivity index (χ0) is 18.7. The fourth-order valence-electron chi connectivity index (χ4n) is 2.60. The summed E-state index contributed by atoms with van der Waals surface area (Å²) in [6.07, 6.45) is 1.38. The Labute approximate surface area is 150 Å². The number of aromatic nitrogens is 3. The number of nitrogens with zero attached hydrogens (tertiary/aromatic N) is 3. The molecule has 0 bridgehead atoms. The Balaban J connectivity index is 2.05. The van der Waals surface area contributed by atoms with E-state index in [1.807, 2.05) is 13.0 Å². The van der Waals surface area contributed by atoms with Crippen molar-refractivity contribution in [2.24, 2.45) is 0 Å². The van der Waals surface area contributed by atoms with Gasteiger partial charge in [-0.25, -0.2) is 9.78 Å². The molecule has 0 saturated carbocycles. The van der Waals surface area contributed by atoms with Gasteiger partial charge in [-0.15, -0.1) is 0 Å². The standard InChI is InChI=1S/C19H19N3O4/c1-4-26-19(24)14-11-20-22(18(14)25-3)17-7-5-6-15(21-17)13-9-8-12(2)10-16(13)23/h5-11,23H,4H2,1-3H3. The van der Waals surface area contributed by atoms with Crippen LogP contribution in [0, 0.1) is 6.92 Å². The van der Waals surface area contributed by atoms with Gasteiger partial charge < -0.3 is 14.6 Å². The van der Waals surface area contributed by atoms with E-state index in [-0.39, 0.29) is 23.8 Å². The van der Waals surface area contributed by atoms with Gasteiger partial charge >= 0.3 is 5.97 Å². The van der Waals surface area contributed by atoms with Crippen LogP contribution in [0.5, 0.6) is 11.6 Å². The average molecular weight is 353 g/mol. The molecule has 0 saturated heterocycles. The number of methoxy groups -OCH3 is 1. The number of hydrogen-bond acceptors (Lipinski definition) is 6. The average Bonchev–Trinajstić information content (AvgIpc) is 3.06. The van der Waals surface area contributed by atoms with Crippen LogP contribution in [0.4, 0.5) is 0 Å². The van der Waals surface area contributed by atoms with Crippen LogP contribution in [-0.4, -0.2) is 39.6 Å². The molecule has 0 aliphatic heterocycles. The first-order chi connectivity index (χ1) is 12.5. The van der Waals surface area contributed by atoms with Gasteiger partial charge in [0.2, 0.25) is 5.88 Å². The first-order valence-corrected chi connectivity index (χ1v) is 8.11. The molecule has 7 heteroatoms. The van der Waals surface area contributed by atoms with Crippen molar-refractivity contribution in [2.45, 2.75) is 13.8 Å². The van der Waals surface area contributed by atoms with Crippen molar-refractivity contribution in [2.75, 3.05) is 13.7 Å². The summed E-state index contributed by atoms with van der Waals surface area (Å²) in [7, 11) is 1.45. The highest BCUT2D eigenvalue weighted by molar-refractivity contribution is 5.91. The predicted octanol–water partition coefficient (Wildman–Crippen LogP) is 3.13. The zero-order valence-corrected chi connectivity index (χ0v) is 14.8. The summed E-state index contributed by atoms with van der Waals surface area (Å²) >= 11 is 0. The largest absolute Gasteiger partial charge is 0.507 e. The zero-order valence-electron chi connectivity index (χ0n) is 14.8. The third-order valence-electron chi connectivity index (χ3n) is 3.79. The summed E-state index contributed by atoms with van der Waals surface area (Å²) in [5.41, 5.74) is 2.36. The summed E-state index contributed by atoms with van der Waals surface area (Å²) in [5, 5.41) is 14.4. The van der Waals surface area contributed by atoms with Crippen LogP contribution in [0.1, 0.15) is 22.8 Å². The topological polar surface area (TPSA) is 86.5 Å². The lowest BCUT2D eigenvalue weighted by atomic mass is 10.1. The number of phenolic OH excluding ortho intramolecular Hbond substituents is 1. The van der Waals surface area contributed by atoms with E-state index in [0.29, 0.717) is 17.1 Å². The number of rotatable bonds is 5. The molecule has 134 valence electrons. The van der Waals surface area contributed by atoms with Crippen LogP contribution in [0.15, 0.2) is 42.6 Å². The Morgan fingerprint density at radius 2 is 2.08 bits per heavy atom. The highest BCUT2D eigenvalue weighted by atomic mass is 16.5. The van der Waals surface area contributed by atoms with Crippen LogP contribution in [0.3, 0.4) is 0 Å². The predicted molar refractivity (Wildman–Crippen MR) is 95.7 cm³/mol. The Morgan fingerprint density at radius 3 is 2.77 bits per heavy atom. The molecule has 0 aliphatic rings. The van der Waals surface area contributed by atoms with E-state index >= 15 is 0 Å². The molecule has 0 aliphatic carbocycles. The van der Waals surface area contributed by atoms with E-state index in [4.69, 9.17) is 9.47 Å². The van der Waals surface area contributed by atoms with E-state index in [0.717, 1.165) is 5.56 Å². The molecular weight excluding hydrogens is 334 g/mol. The van der Waals surface area contributed by atoms with E-state index in [1.54, 1.807) is 37.3 Å². The Hall–Kier alpha value is -3.35. The number of esters is 1. The molecule has 0 radical (unpaired) electrons. The van der Waals surface area contributed by atoms with Gasteiger partial charge in [0.05, 0.1) is 25.6 Å². The van der Waals surface area contributed by atoms with Gasteiger partial charge in [-0.1, -0.05) is 12.1 Å². The number of ether oxygens (including phenoxy) is 2. The summed E-state index contributed by atoms with van der Waals surface area (Å²) in [6.45, 7) is 3.89. The van der Waals surface area contributed by atoms with Crippen LogP contribution in [-0.2, 0) is 4.74 Å². The summed E-state index contributed by atoms with van der Waals surface area (Å²) in [6, 6.07) is 10.7. The van der Waals surface area contributed by atoms with Gasteiger partial charge in [0.25, 0.3) is 0 Å². The van der Waals surface area contributed by atoms with Crippen molar-refractivity contribution >= 4 is 5.97 Å². The molecule has 1 N–H and O–H groups in total. The highest BCUT2D eigenvalue weighted by Crippen LogP contribution is 2.30. The minimum Gasteiger partial charge on any atom is -0.507 e. The van der Waals surface area contributed by atoms with E-state index < -0.39 is 5.97 Å². The molecular formula is C19H19N3O4. The lowest BCUT2D eigenvalue weighted by Gasteiger charge is -2.10. The monoisotopic (exact) mass is 353 g/mol. The molecule has 0 unspecified atom stereocenters. The molecule has 1 aromatic carbocycles. The SMILES string of the molecule is CCOC(=O)c1cnn(-c2cccc(-c3ccc(C)cc3O)n2)c1OC. The van der Waals surface area contributed by atoms with Crippen molar-refractivity contribution in [1.29, 1.82) is 0 Å².